The third-order valence-electron chi connectivity index (χ3n) is 2.06. The highest BCUT2D eigenvalue weighted by Gasteiger charge is 2.08. The van der Waals surface area contributed by atoms with Crippen molar-refractivity contribution in [2.45, 2.75) is 45.1 Å². The molecule has 0 rings (SSSR count). The molecule has 88 valence electrons. The normalized spacial score (nSPS) is 12.1. The van der Waals surface area contributed by atoms with Crippen LogP contribution in [0.4, 0.5) is 0 Å². The minimum atomic E-state index is -0.834. The summed E-state index contributed by atoms with van der Waals surface area (Å²) in [6, 6.07) is -0.0773. The van der Waals surface area contributed by atoms with Crippen molar-refractivity contribution < 1.29 is 14.7 Å². The van der Waals surface area contributed by atoms with Crippen molar-refractivity contribution in [3.05, 3.63) is 0 Å². The van der Waals surface area contributed by atoms with Crippen LogP contribution in [0.2, 0.25) is 0 Å². The second-order valence-corrected chi connectivity index (χ2v) is 3.65. The first kappa shape index (κ1) is 13.9. The second-order valence-electron chi connectivity index (χ2n) is 3.65. The molecule has 1 unspecified atom stereocenters. The third-order valence-corrected chi connectivity index (χ3v) is 2.06. The Hall–Kier alpha value is -1.10. The van der Waals surface area contributed by atoms with E-state index in [0.717, 1.165) is 12.8 Å². The zero-order chi connectivity index (χ0) is 11.7. The van der Waals surface area contributed by atoms with Crippen LogP contribution in [0.25, 0.3) is 0 Å². The number of amides is 1. The fraction of sp³-hybridized carbons (Fsp3) is 0.800. The number of carbonyl (C=O) groups excluding carboxylic acids is 1. The van der Waals surface area contributed by atoms with Gasteiger partial charge < -0.3 is 16.2 Å². The van der Waals surface area contributed by atoms with E-state index in [1.165, 1.54) is 0 Å². The fourth-order valence-electron chi connectivity index (χ4n) is 1.19. The van der Waals surface area contributed by atoms with Crippen LogP contribution in [0.15, 0.2) is 0 Å². The molecule has 5 nitrogen and oxygen atoms in total. The van der Waals surface area contributed by atoms with Crippen molar-refractivity contribution in [2.75, 3.05) is 6.54 Å². The van der Waals surface area contributed by atoms with Crippen molar-refractivity contribution in [2.24, 2.45) is 5.73 Å². The van der Waals surface area contributed by atoms with Gasteiger partial charge in [-0.05, 0) is 32.7 Å². The molecule has 0 spiro atoms. The molecule has 0 aliphatic carbocycles. The Bertz CT molecular complexity index is 207. The Labute approximate surface area is 90.0 Å². The van der Waals surface area contributed by atoms with E-state index >= 15 is 0 Å². The van der Waals surface area contributed by atoms with E-state index in [1.54, 1.807) is 0 Å². The maximum atomic E-state index is 11.3. The lowest BCUT2D eigenvalue weighted by Crippen LogP contribution is -2.32. The van der Waals surface area contributed by atoms with E-state index in [0.29, 0.717) is 19.4 Å². The Morgan fingerprint density at radius 1 is 1.33 bits per heavy atom. The molecule has 0 heterocycles. The molecule has 0 aromatic rings. The third kappa shape index (κ3) is 9.21. The highest BCUT2D eigenvalue weighted by Crippen LogP contribution is 1.99. The van der Waals surface area contributed by atoms with E-state index < -0.39 is 5.97 Å². The minimum Gasteiger partial charge on any atom is -0.481 e. The lowest BCUT2D eigenvalue weighted by molar-refractivity contribution is -0.137. The van der Waals surface area contributed by atoms with Crippen molar-refractivity contribution in [1.82, 2.24) is 5.32 Å². The van der Waals surface area contributed by atoms with Crippen LogP contribution in [0.5, 0.6) is 0 Å². The molecular formula is C10H20N2O3. The molecule has 4 N–H and O–H groups in total. The molecular weight excluding hydrogens is 196 g/mol. The van der Waals surface area contributed by atoms with E-state index in [2.05, 4.69) is 5.32 Å². The summed E-state index contributed by atoms with van der Waals surface area (Å²) in [7, 11) is 0. The Morgan fingerprint density at radius 3 is 2.53 bits per heavy atom. The number of carboxylic acid groups (broad SMARTS) is 1. The smallest absolute Gasteiger partial charge is 0.303 e. The first-order valence-corrected chi connectivity index (χ1v) is 5.27. The molecule has 0 aromatic carbocycles. The Morgan fingerprint density at radius 2 is 2.00 bits per heavy atom. The molecule has 0 saturated heterocycles. The fourth-order valence-corrected chi connectivity index (χ4v) is 1.19. The summed E-state index contributed by atoms with van der Waals surface area (Å²) in [5.41, 5.74) is 5.30. The number of aliphatic carboxylic acids is 1. The molecule has 1 atom stereocenters. The lowest BCUT2D eigenvalue weighted by atomic mass is 10.1. The van der Waals surface area contributed by atoms with Crippen LogP contribution in [0.1, 0.15) is 39.0 Å². The van der Waals surface area contributed by atoms with Gasteiger partial charge in [-0.15, -0.1) is 0 Å². The van der Waals surface area contributed by atoms with E-state index in [9.17, 15) is 9.59 Å². The van der Waals surface area contributed by atoms with E-state index in [4.69, 9.17) is 10.8 Å². The summed E-state index contributed by atoms with van der Waals surface area (Å²) >= 11 is 0. The predicted octanol–water partition coefficient (Wildman–Crippen LogP) is 0.485. The summed E-state index contributed by atoms with van der Waals surface area (Å²) in [6.07, 6.45) is 2.65. The first-order chi connectivity index (χ1) is 7.06. The molecule has 0 bridgehead atoms. The number of hydrogen-bond acceptors (Lipinski definition) is 3. The van der Waals surface area contributed by atoms with Crippen molar-refractivity contribution >= 4 is 11.9 Å². The monoisotopic (exact) mass is 216 g/mol. The van der Waals surface area contributed by atoms with Crippen LogP contribution in [-0.2, 0) is 9.59 Å². The number of carboxylic acids is 1. The summed E-state index contributed by atoms with van der Waals surface area (Å²) in [6.45, 7) is 2.41. The summed E-state index contributed by atoms with van der Waals surface area (Å²) in [5.74, 6) is -0.861. The van der Waals surface area contributed by atoms with Gasteiger partial charge in [0, 0.05) is 18.9 Å². The van der Waals surface area contributed by atoms with Gasteiger partial charge in [-0.2, -0.15) is 0 Å². The molecule has 0 aromatic heterocycles. The molecule has 0 aliphatic rings. The van der Waals surface area contributed by atoms with Gasteiger partial charge in [0.2, 0.25) is 5.91 Å². The summed E-state index contributed by atoms with van der Waals surface area (Å²) in [4.78, 5) is 21.5. The van der Waals surface area contributed by atoms with Crippen molar-refractivity contribution in [1.29, 1.82) is 0 Å². The van der Waals surface area contributed by atoms with Gasteiger partial charge in [-0.25, -0.2) is 0 Å². The molecule has 0 radical (unpaired) electrons. The molecule has 0 aliphatic heterocycles. The van der Waals surface area contributed by atoms with Gasteiger partial charge in [0.25, 0.3) is 0 Å². The van der Waals surface area contributed by atoms with Crippen LogP contribution in [0, 0.1) is 0 Å². The van der Waals surface area contributed by atoms with Gasteiger partial charge in [-0.3, -0.25) is 9.59 Å². The van der Waals surface area contributed by atoms with Gasteiger partial charge in [0.05, 0.1) is 0 Å². The van der Waals surface area contributed by atoms with E-state index in [-0.39, 0.29) is 18.4 Å². The standard InChI is InChI=1S/C10H20N2O3/c1-8(5-6-10(14)15)12-9(13)4-2-3-7-11/h8H,2-7,11H2,1H3,(H,12,13)(H,14,15). The number of unbranched alkanes of at least 4 members (excludes halogenated alkanes) is 1. The van der Waals surface area contributed by atoms with Gasteiger partial charge >= 0.3 is 5.97 Å². The predicted molar refractivity (Wildman–Crippen MR) is 57.4 cm³/mol. The molecule has 1 amide bonds. The Balaban J connectivity index is 3.53. The average molecular weight is 216 g/mol. The zero-order valence-corrected chi connectivity index (χ0v) is 9.16. The second kappa shape index (κ2) is 8.23. The van der Waals surface area contributed by atoms with Crippen LogP contribution >= 0.6 is 0 Å². The van der Waals surface area contributed by atoms with Gasteiger partial charge in [0.15, 0.2) is 0 Å². The maximum Gasteiger partial charge on any atom is 0.303 e. The number of rotatable bonds is 8. The SMILES string of the molecule is CC(CCC(=O)O)NC(=O)CCCCN. The zero-order valence-electron chi connectivity index (χ0n) is 9.16. The van der Waals surface area contributed by atoms with Crippen molar-refractivity contribution in [3.8, 4) is 0 Å². The highest BCUT2D eigenvalue weighted by atomic mass is 16.4. The quantitative estimate of drug-likeness (QED) is 0.515. The number of hydrogen-bond donors (Lipinski definition) is 3. The lowest BCUT2D eigenvalue weighted by Gasteiger charge is -2.12. The maximum absolute atomic E-state index is 11.3. The van der Waals surface area contributed by atoms with Crippen molar-refractivity contribution in [3.63, 3.8) is 0 Å². The van der Waals surface area contributed by atoms with Gasteiger partial charge in [0.1, 0.15) is 0 Å². The largest absolute Gasteiger partial charge is 0.481 e. The first-order valence-electron chi connectivity index (χ1n) is 5.27. The molecule has 0 saturated carbocycles. The van der Waals surface area contributed by atoms with Crippen LogP contribution in [0.3, 0.4) is 0 Å². The Kier molecular flexibility index (Phi) is 7.62. The van der Waals surface area contributed by atoms with E-state index in [1.807, 2.05) is 6.92 Å². The van der Waals surface area contributed by atoms with Crippen LogP contribution < -0.4 is 11.1 Å². The molecule has 0 fully saturated rings. The van der Waals surface area contributed by atoms with Crippen LogP contribution in [-0.4, -0.2) is 29.6 Å². The minimum absolute atomic E-state index is 0.0265. The topological polar surface area (TPSA) is 92.4 Å². The molecule has 5 heteroatoms. The number of nitrogens with two attached hydrogens (primary N) is 1. The highest BCUT2D eigenvalue weighted by molar-refractivity contribution is 5.76. The summed E-state index contributed by atoms with van der Waals surface area (Å²) < 4.78 is 0. The average Bonchev–Trinajstić information content (AvgIpc) is 2.15. The molecule has 15 heavy (non-hydrogen) atoms. The van der Waals surface area contributed by atoms with Gasteiger partial charge in [-0.1, -0.05) is 0 Å². The number of carbonyl (C=O) groups is 2. The number of nitrogens with one attached hydrogen (secondary N) is 1. The summed E-state index contributed by atoms with van der Waals surface area (Å²) in [5, 5.41) is 11.2.